The lowest BCUT2D eigenvalue weighted by Crippen LogP contribution is -2.31. The number of nitro benzene ring substituents is 1. The Morgan fingerprint density at radius 2 is 1.68 bits per heavy atom. The van der Waals surface area contributed by atoms with Gasteiger partial charge in [-0.3, -0.25) is 19.7 Å². The summed E-state index contributed by atoms with van der Waals surface area (Å²) in [4.78, 5) is 34.1. The molecule has 3 aromatic rings. The maximum atomic E-state index is 12.2. The zero-order valence-corrected chi connectivity index (χ0v) is 15.0. The van der Waals surface area contributed by atoms with Crippen LogP contribution in [-0.2, 0) is 27.4 Å². The van der Waals surface area contributed by atoms with Gasteiger partial charge in [0.2, 0.25) is 5.91 Å². The van der Waals surface area contributed by atoms with E-state index in [2.05, 4.69) is 5.32 Å². The predicted molar refractivity (Wildman–Crippen MR) is 104 cm³/mol. The fourth-order valence-corrected chi connectivity index (χ4v) is 2.78. The number of rotatable bonds is 7. The van der Waals surface area contributed by atoms with Crippen LogP contribution in [0.5, 0.6) is 0 Å². The first-order chi connectivity index (χ1) is 13.5. The number of non-ortho nitro benzene ring substituents is 1. The SMILES string of the molecule is O=C(Cc1cccc2ccccc12)NCC(=O)OCc1ccc([N+](=O)[O-])cc1. The van der Waals surface area contributed by atoms with Crippen molar-refractivity contribution in [3.8, 4) is 0 Å². The third-order valence-corrected chi connectivity index (χ3v) is 4.21. The molecule has 0 aliphatic heterocycles. The first-order valence-electron chi connectivity index (χ1n) is 8.65. The monoisotopic (exact) mass is 378 g/mol. The minimum absolute atomic E-state index is 0.0178. The van der Waals surface area contributed by atoms with Gasteiger partial charge in [0, 0.05) is 12.1 Å². The van der Waals surface area contributed by atoms with Crippen LogP contribution in [0.3, 0.4) is 0 Å². The summed E-state index contributed by atoms with van der Waals surface area (Å²) in [5, 5.41) is 15.2. The van der Waals surface area contributed by atoms with Crippen LogP contribution in [0.1, 0.15) is 11.1 Å². The number of benzene rings is 3. The Kier molecular flexibility index (Phi) is 5.96. The van der Waals surface area contributed by atoms with E-state index in [0.29, 0.717) is 5.56 Å². The first kappa shape index (κ1) is 19.0. The van der Waals surface area contributed by atoms with Crippen molar-refractivity contribution in [3.63, 3.8) is 0 Å². The second-order valence-electron chi connectivity index (χ2n) is 6.18. The molecular weight excluding hydrogens is 360 g/mol. The lowest BCUT2D eigenvalue weighted by molar-refractivity contribution is -0.384. The van der Waals surface area contributed by atoms with Gasteiger partial charge in [-0.1, -0.05) is 42.5 Å². The van der Waals surface area contributed by atoms with Crippen LogP contribution in [-0.4, -0.2) is 23.3 Å². The molecule has 0 bridgehead atoms. The molecule has 0 unspecified atom stereocenters. The average molecular weight is 378 g/mol. The number of carbonyl (C=O) groups excluding carboxylic acids is 2. The molecule has 1 amide bonds. The van der Waals surface area contributed by atoms with E-state index in [0.717, 1.165) is 16.3 Å². The number of carbonyl (C=O) groups is 2. The molecule has 0 spiro atoms. The summed E-state index contributed by atoms with van der Waals surface area (Å²) in [6, 6.07) is 19.3. The van der Waals surface area contributed by atoms with E-state index >= 15 is 0 Å². The summed E-state index contributed by atoms with van der Waals surface area (Å²) in [6.07, 6.45) is 0.164. The number of nitrogens with zero attached hydrogens (tertiary/aromatic N) is 1. The molecule has 3 aromatic carbocycles. The molecular formula is C21H18N2O5. The molecule has 0 aliphatic carbocycles. The number of fused-ring (bicyclic) bond motifs is 1. The topological polar surface area (TPSA) is 98.5 Å². The lowest BCUT2D eigenvalue weighted by Gasteiger charge is -2.08. The van der Waals surface area contributed by atoms with Crippen LogP contribution in [0.25, 0.3) is 10.8 Å². The van der Waals surface area contributed by atoms with Gasteiger partial charge in [0.1, 0.15) is 13.2 Å². The molecule has 3 rings (SSSR count). The molecule has 0 atom stereocenters. The Hall–Kier alpha value is -3.74. The third-order valence-electron chi connectivity index (χ3n) is 4.21. The minimum Gasteiger partial charge on any atom is -0.460 e. The van der Waals surface area contributed by atoms with Crippen molar-refractivity contribution >= 4 is 28.3 Å². The molecule has 0 aromatic heterocycles. The number of nitro groups is 1. The number of esters is 1. The largest absolute Gasteiger partial charge is 0.460 e. The number of ether oxygens (including phenoxy) is 1. The van der Waals surface area contributed by atoms with Crippen molar-refractivity contribution < 1.29 is 19.2 Å². The van der Waals surface area contributed by atoms with Gasteiger partial charge < -0.3 is 10.1 Å². The van der Waals surface area contributed by atoms with E-state index in [1.807, 2.05) is 42.5 Å². The minimum atomic E-state index is -0.579. The van der Waals surface area contributed by atoms with Crippen molar-refractivity contribution in [1.29, 1.82) is 0 Å². The molecule has 0 saturated heterocycles. The normalized spacial score (nSPS) is 10.4. The van der Waals surface area contributed by atoms with E-state index in [-0.39, 0.29) is 31.2 Å². The van der Waals surface area contributed by atoms with Gasteiger partial charge in [0.15, 0.2) is 0 Å². The van der Waals surface area contributed by atoms with Crippen molar-refractivity contribution in [3.05, 3.63) is 88.0 Å². The molecule has 7 heteroatoms. The van der Waals surface area contributed by atoms with Crippen LogP contribution in [0.4, 0.5) is 5.69 Å². The Morgan fingerprint density at radius 3 is 2.43 bits per heavy atom. The van der Waals surface area contributed by atoms with Gasteiger partial charge in [0.05, 0.1) is 11.3 Å². The third kappa shape index (κ3) is 4.91. The average Bonchev–Trinajstić information content (AvgIpc) is 2.71. The highest BCUT2D eigenvalue weighted by Crippen LogP contribution is 2.18. The summed E-state index contributed by atoms with van der Waals surface area (Å²) >= 11 is 0. The summed E-state index contributed by atoms with van der Waals surface area (Å²) in [5.74, 6) is -0.853. The van der Waals surface area contributed by atoms with Gasteiger partial charge in [-0.15, -0.1) is 0 Å². The van der Waals surface area contributed by atoms with E-state index in [1.165, 1.54) is 24.3 Å². The highest BCUT2D eigenvalue weighted by atomic mass is 16.6. The van der Waals surface area contributed by atoms with Crippen LogP contribution in [0.15, 0.2) is 66.7 Å². The van der Waals surface area contributed by atoms with Crippen LogP contribution in [0, 0.1) is 10.1 Å². The second-order valence-corrected chi connectivity index (χ2v) is 6.18. The maximum Gasteiger partial charge on any atom is 0.325 e. The zero-order chi connectivity index (χ0) is 19.9. The standard InChI is InChI=1S/C21H18N2O5/c24-20(12-17-6-3-5-16-4-1-2-7-19(16)17)22-13-21(25)28-14-15-8-10-18(11-9-15)23(26)27/h1-11H,12-14H2,(H,22,24). The fourth-order valence-electron chi connectivity index (χ4n) is 2.78. The molecule has 1 N–H and O–H groups in total. The van der Waals surface area contributed by atoms with Gasteiger partial charge in [-0.2, -0.15) is 0 Å². The maximum absolute atomic E-state index is 12.2. The Bertz CT molecular complexity index is 1010. The van der Waals surface area contributed by atoms with E-state index in [4.69, 9.17) is 4.74 Å². The fraction of sp³-hybridized carbons (Fsp3) is 0.143. The number of nitrogens with one attached hydrogen (secondary N) is 1. The van der Waals surface area contributed by atoms with Gasteiger partial charge in [-0.05, 0) is 34.0 Å². The summed E-state index contributed by atoms with van der Waals surface area (Å²) < 4.78 is 5.08. The predicted octanol–water partition coefficient (Wildman–Crippen LogP) is 3.15. The van der Waals surface area contributed by atoms with Crippen LogP contribution in [0.2, 0.25) is 0 Å². The number of hydrogen-bond donors (Lipinski definition) is 1. The number of amides is 1. The molecule has 0 aliphatic rings. The van der Waals surface area contributed by atoms with E-state index < -0.39 is 10.9 Å². The first-order valence-corrected chi connectivity index (χ1v) is 8.65. The summed E-state index contributed by atoms with van der Waals surface area (Å²) in [5.41, 5.74) is 1.48. The highest BCUT2D eigenvalue weighted by Gasteiger charge is 2.10. The van der Waals surface area contributed by atoms with Gasteiger partial charge in [-0.25, -0.2) is 0 Å². The molecule has 7 nitrogen and oxygen atoms in total. The lowest BCUT2D eigenvalue weighted by atomic mass is 10.0. The Labute approximate surface area is 161 Å². The molecule has 28 heavy (non-hydrogen) atoms. The molecule has 0 radical (unpaired) electrons. The van der Waals surface area contributed by atoms with Crippen LogP contribution >= 0.6 is 0 Å². The molecule has 0 heterocycles. The van der Waals surface area contributed by atoms with Crippen molar-refractivity contribution in [2.75, 3.05) is 6.54 Å². The van der Waals surface area contributed by atoms with Crippen molar-refractivity contribution in [2.45, 2.75) is 13.0 Å². The van der Waals surface area contributed by atoms with Crippen molar-refractivity contribution in [1.82, 2.24) is 5.32 Å². The molecule has 142 valence electrons. The molecule has 0 fully saturated rings. The quantitative estimate of drug-likeness (QED) is 0.387. The van der Waals surface area contributed by atoms with Gasteiger partial charge in [0.25, 0.3) is 5.69 Å². The summed E-state index contributed by atoms with van der Waals surface area (Å²) in [7, 11) is 0. The smallest absolute Gasteiger partial charge is 0.325 e. The van der Waals surface area contributed by atoms with E-state index in [1.54, 1.807) is 0 Å². The zero-order valence-electron chi connectivity index (χ0n) is 15.0. The number of hydrogen-bond acceptors (Lipinski definition) is 5. The highest BCUT2D eigenvalue weighted by molar-refractivity contribution is 5.91. The Morgan fingerprint density at radius 1 is 0.964 bits per heavy atom. The Balaban J connectivity index is 1.47. The molecule has 0 saturated carbocycles. The summed E-state index contributed by atoms with van der Waals surface area (Å²) in [6.45, 7) is -0.257. The van der Waals surface area contributed by atoms with Crippen molar-refractivity contribution in [2.24, 2.45) is 0 Å². The van der Waals surface area contributed by atoms with E-state index in [9.17, 15) is 19.7 Å². The van der Waals surface area contributed by atoms with Crippen LogP contribution < -0.4 is 5.32 Å². The second kappa shape index (κ2) is 8.77. The van der Waals surface area contributed by atoms with Gasteiger partial charge >= 0.3 is 5.97 Å².